The van der Waals surface area contributed by atoms with Gasteiger partial charge < -0.3 is 15.7 Å². The number of amides is 2. The maximum absolute atomic E-state index is 13.2. The zero-order valence-corrected chi connectivity index (χ0v) is 13.6. The fourth-order valence-corrected chi connectivity index (χ4v) is 2.82. The molecule has 3 N–H and O–H groups in total. The molecule has 23 heavy (non-hydrogen) atoms. The van der Waals surface area contributed by atoms with E-state index in [0.717, 1.165) is 17.0 Å². The molecule has 1 heterocycles. The number of carbonyl (C=O) groups is 1. The van der Waals surface area contributed by atoms with Crippen LogP contribution in [0.25, 0.3) is 0 Å². The van der Waals surface area contributed by atoms with E-state index in [9.17, 15) is 18.7 Å². The van der Waals surface area contributed by atoms with Gasteiger partial charge in [0.25, 0.3) is 0 Å². The first-order valence-corrected chi connectivity index (χ1v) is 7.93. The van der Waals surface area contributed by atoms with Crippen LogP contribution in [-0.2, 0) is 5.60 Å². The van der Waals surface area contributed by atoms with Crippen molar-refractivity contribution in [1.29, 1.82) is 0 Å². The summed E-state index contributed by atoms with van der Waals surface area (Å²) < 4.78 is 26.1. The lowest BCUT2D eigenvalue weighted by atomic mass is 10.1. The van der Waals surface area contributed by atoms with Crippen LogP contribution in [0.3, 0.4) is 0 Å². The first-order valence-electron chi connectivity index (χ1n) is 7.05. The minimum absolute atomic E-state index is 0.0316. The molecule has 4 nitrogen and oxygen atoms in total. The fourth-order valence-electron chi connectivity index (χ4n) is 2.04. The molecule has 0 bridgehead atoms. The third kappa shape index (κ3) is 4.49. The van der Waals surface area contributed by atoms with Crippen molar-refractivity contribution in [2.24, 2.45) is 0 Å². The third-order valence-electron chi connectivity index (χ3n) is 3.44. The van der Waals surface area contributed by atoms with Crippen LogP contribution in [0, 0.1) is 11.6 Å². The summed E-state index contributed by atoms with van der Waals surface area (Å²) in [6.07, 6.45) is 0. The molecule has 1 aromatic heterocycles. The molecular formula is C16H18F2N2O2S. The van der Waals surface area contributed by atoms with Crippen molar-refractivity contribution < 1.29 is 18.7 Å². The summed E-state index contributed by atoms with van der Waals surface area (Å²) in [5.74, 6) is -1.89. The summed E-state index contributed by atoms with van der Waals surface area (Å²) in [6.45, 7) is 3.30. The Bertz CT molecular complexity index is 675. The van der Waals surface area contributed by atoms with E-state index < -0.39 is 29.3 Å². The van der Waals surface area contributed by atoms with Gasteiger partial charge in [-0.1, -0.05) is 12.1 Å². The van der Waals surface area contributed by atoms with Gasteiger partial charge in [-0.05, 0) is 43.0 Å². The average Bonchev–Trinajstić information content (AvgIpc) is 3.03. The second-order valence-electron chi connectivity index (χ2n) is 5.47. The molecule has 2 atom stereocenters. The highest BCUT2D eigenvalue weighted by Gasteiger charge is 2.25. The van der Waals surface area contributed by atoms with E-state index in [1.807, 2.05) is 11.4 Å². The number of nitrogens with one attached hydrogen (secondary N) is 2. The van der Waals surface area contributed by atoms with Crippen molar-refractivity contribution in [3.8, 4) is 0 Å². The predicted octanol–water partition coefficient (Wildman–Crippen LogP) is 3.29. The van der Waals surface area contributed by atoms with Gasteiger partial charge in [0.1, 0.15) is 5.60 Å². The minimum atomic E-state index is -1.17. The molecule has 0 aliphatic heterocycles. The second-order valence-corrected chi connectivity index (χ2v) is 6.42. The van der Waals surface area contributed by atoms with Crippen molar-refractivity contribution in [2.75, 3.05) is 6.54 Å². The largest absolute Gasteiger partial charge is 0.383 e. The van der Waals surface area contributed by atoms with Gasteiger partial charge >= 0.3 is 6.03 Å². The molecule has 2 aromatic rings. The highest BCUT2D eigenvalue weighted by Crippen LogP contribution is 2.24. The molecule has 7 heteroatoms. The van der Waals surface area contributed by atoms with E-state index in [0.29, 0.717) is 5.56 Å². The SMILES string of the molecule is CC(NC(=O)NCC(C)(O)c1cccs1)c1ccc(F)c(F)c1. The molecule has 1 aromatic carbocycles. The lowest BCUT2D eigenvalue weighted by Gasteiger charge is -2.23. The molecule has 124 valence electrons. The Kier molecular flexibility index (Phi) is 5.33. The number of aliphatic hydroxyl groups is 1. The van der Waals surface area contributed by atoms with Crippen LogP contribution in [0.2, 0.25) is 0 Å². The van der Waals surface area contributed by atoms with Gasteiger partial charge in [-0.3, -0.25) is 0 Å². The van der Waals surface area contributed by atoms with Crippen molar-refractivity contribution in [1.82, 2.24) is 10.6 Å². The normalized spacial score (nSPS) is 14.8. The van der Waals surface area contributed by atoms with Gasteiger partial charge in [0, 0.05) is 4.88 Å². The Labute approximate surface area is 137 Å². The van der Waals surface area contributed by atoms with Crippen molar-refractivity contribution >= 4 is 17.4 Å². The first-order chi connectivity index (χ1) is 10.8. The van der Waals surface area contributed by atoms with Crippen LogP contribution in [0.5, 0.6) is 0 Å². The number of benzene rings is 1. The minimum Gasteiger partial charge on any atom is -0.383 e. The Morgan fingerprint density at radius 1 is 1.35 bits per heavy atom. The Hall–Kier alpha value is -1.99. The Balaban J connectivity index is 1.90. The van der Waals surface area contributed by atoms with E-state index in [1.54, 1.807) is 19.9 Å². The number of thiophene rings is 1. The predicted molar refractivity (Wildman–Crippen MR) is 85.2 cm³/mol. The standard InChI is InChI=1S/C16H18F2N2O2S/c1-10(11-5-6-12(17)13(18)8-11)20-15(21)19-9-16(2,22)14-4-3-7-23-14/h3-8,10,22H,9H2,1-2H3,(H2,19,20,21). The van der Waals surface area contributed by atoms with Gasteiger partial charge in [-0.25, -0.2) is 13.6 Å². The third-order valence-corrected chi connectivity index (χ3v) is 4.56. The highest BCUT2D eigenvalue weighted by molar-refractivity contribution is 7.10. The summed E-state index contributed by atoms with van der Waals surface area (Å²) in [5.41, 5.74) is -0.722. The van der Waals surface area contributed by atoms with Crippen molar-refractivity contribution in [2.45, 2.75) is 25.5 Å². The summed E-state index contributed by atoms with van der Waals surface area (Å²) in [6, 6.07) is 6.07. The lowest BCUT2D eigenvalue weighted by molar-refractivity contribution is 0.0630. The smallest absolute Gasteiger partial charge is 0.315 e. The quantitative estimate of drug-likeness (QED) is 0.782. The molecule has 0 aliphatic carbocycles. The van der Waals surface area contributed by atoms with Crippen LogP contribution in [0.15, 0.2) is 35.7 Å². The summed E-state index contributed by atoms with van der Waals surface area (Å²) >= 11 is 1.40. The van der Waals surface area contributed by atoms with Gasteiger partial charge in [-0.15, -0.1) is 11.3 Å². The van der Waals surface area contributed by atoms with Gasteiger partial charge in [0.05, 0.1) is 12.6 Å². The van der Waals surface area contributed by atoms with E-state index in [2.05, 4.69) is 10.6 Å². The molecule has 0 aliphatic rings. The zero-order chi connectivity index (χ0) is 17.0. The monoisotopic (exact) mass is 340 g/mol. The zero-order valence-electron chi connectivity index (χ0n) is 12.8. The molecule has 2 unspecified atom stereocenters. The summed E-state index contributed by atoms with van der Waals surface area (Å²) in [5, 5.41) is 17.4. The van der Waals surface area contributed by atoms with E-state index >= 15 is 0 Å². The molecule has 2 rings (SSSR count). The van der Waals surface area contributed by atoms with E-state index in [1.165, 1.54) is 17.4 Å². The van der Waals surface area contributed by atoms with Crippen LogP contribution in [-0.4, -0.2) is 17.7 Å². The van der Waals surface area contributed by atoms with Crippen LogP contribution >= 0.6 is 11.3 Å². The number of hydrogen-bond acceptors (Lipinski definition) is 3. The summed E-state index contributed by atoms with van der Waals surface area (Å²) in [7, 11) is 0. The van der Waals surface area contributed by atoms with Gasteiger partial charge in [0.2, 0.25) is 0 Å². The first kappa shape index (κ1) is 17.4. The molecule has 0 fully saturated rings. The number of rotatable bonds is 5. The number of hydrogen-bond donors (Lipinski definition) is 3. The molecule has 0 radical (unpaired) electrons. The maximum Gasteiger partial charge on any atom is 0.315 e. The van der Waals surface area contributed by atoms with Gasteiger partial charge in [-0.2, -0.15) is 0 Å². The van der Waals surface area contributed by atoms with Crippen LogP contribution in [0.1, 0.15) is 30.3 Å². The van der Waals surface area contributed by atoms with Crippen molar-refractivity contribution in [3.05, 3.63) is 57.8 Å². The molecular weight excluding hydrogens is 322 g/mol. The fraction of sp³-hybridized carbons (Fsp3) is 0.312. The summed E-state index contributed by atoms with van der Waals surface area (Å²) in [4.78, 5) is 12.6. The van der Waals surface area contributed by atoms with Crippen LogP contribution < -0.4 is 10.6 Å². The molecule has 2 amide bonds. The highest BCUT2D eigenvalue weighted by atomic mass is 32.1. The van der Waals surface area contributed by atoms with Gasteiger partial charge in [0.15, 0.2) is 11.6 Å². The average molecular weight is 340 g/mol. The number of carbonyl (C=O) groups excluding carboxylic acids is 1. The maximum atomic E-state index is 13.2. The molecule has 0 spiro atoms. The topological polar surface area (TPSA) is 61.4 Å². The Morgan fingerprint density at radius 2 is 2.09 bits per heavy atom. The Morgan fingerprint density at radius 3 is 2.70 bits per heavy atom. The lowest BCUT2D eigenvalue weighted by Crippen LogP contribution is -2.43. The van der Waals surface area contributed by atoms with Crippen molar-refractivity contribution in [3.63, 3.8) is 0 Å². The molecule has 0 saturated heterocycles. The number of urea groups is 1. The molecule has 0 saturated carbocycles. The van der Waals surface area contributed by atoms with E-state index in [4.69, 9.17) is 0 Å². The van der Waals surface area contributed by atoms with E-state index in [-0.39, 0.29) is 6.54 Å². The number of halogens is 2. The van der Waals surface area contributed by atoms with Crippen LogP contribution in [0.4, 0.5) is 13.6 Å². The second kappa shape index (κ2) is 7.06.